The van der Waals surface area contributed by atoms with Gasteiger partial charge < -0.3 is 26.3 Å². The standard InChI is InChI=1S/C13H29N3O3/c1-12(15)13(17)16-7-5-11-19-9-3-2-8-18-10-4-6-14/h12H,2-11,14-15H2,1H3,(H,16,17). The highest BCUT2D eigenvalue weighted by atomic mass is 16.5. The van der Waals surface area contributed by atoms with E-state index in [0.717, 1.165) is 45.5 Å². The van der Waals surface area contributed by atoms with Gasteiger partial charge in [0.1, 0.15) is 0 Å². The van der Waals surface area contributed by atoms with Crippen LogP contribution in [0.2, 0.25) is 0 Å². The maximum atomic E-state index is 11.1. The average molecular weight is 275 g/mol. The third-order valence-corrected chi connectivity index (χ3v) is 2.50. The highest BCUT2D eigenvalue weighted by molar-refractivity contribution is 5.80. The first-order chi connectivity index (χ1) is 9.18. The summed E-state index contributed by atoms with van der Waals surface area (Å²) in [6, 6.07) is -0.444. The number of hydrogen-bond acceptors (Lipinski definition) is 5. The van der Waals surface area contributed by atoms with E-state index in [9.17, 15) is 4.79 Å². The number of hydrogen-bond donors (Lipinski definition) is 3. The van der Waals surface area contributed by atoms with E-state index in [2.05, 4.69) is 5.32 Å². The van der Waals surface area contributed by atoms with E-state index in [1.807, 2.05) is 0 Å². The number of carbonyl (C=O) groups is 1. The summed E-state index contributed by atoms with van der Waals surface area (Å²) >= 11 is 0. The zero-order chi connectivity index (χ0) is 14.3. The molecule has 0 aliphatic rings. The predicted molar refractivity (Wildman–Crippen MR) is 75.8 cm³/mol. The second kappa shape index (κ2) is 13.7. The first kappa shape index (κ1) is 18.3. The zero-order valence-corrected chi connectivity index (χ0v) is 12.0. The van der Waals surface area contributed by atoms with Gasteiger partial charge in [-0.25, -0.2) is 0 Å². The lowest BCUT2D eigenvalue weighted by Gasteiger charge is -2.08. The third-order valence-electron chi connectivity index (χ3n) is 2.50. The second-order valence-corrected chi connectivity index (χ2v) is 4.51. The number of unbranched alkanes of at least 4 members (excludes halogenated alkanes) is 1. The van der Waals surface area contributed by atoms with Gasteiger partial charge in [-0.05, 0) is 39.2 Å². The van der Waals surface area contributed by atoms with Crippen molar-refractivity contribution in [3.63, 3.8) is 0 Å². The Labute approximate surface area is 116 Å². The third kappa shape index (κ3) is 13.5. The van der Waals surface area contributed by atoms with E-state index in [-0.39, 0.29) is 5.91 Å². The van der Waals surface area contributed by atoms with Crippen molar-refractivity contribution in [3.8, 4) is 0 Å². The summed E-state index contributed by atoms with van der Waals surface area (Å²) in [5, 5.41) is 2.74. The fourth-order valence-corrected chi connectivity index (χ4v) is 1.34. The molecule has 0 aromatic carbocycles. The Kier molecular flexibility index (Phi) is 13.2. The van der Waals surface area contributed by atoms with Crippen molar-refractivity contribution in [3.05, 3.63) is 0 Å². The lowest BCUT2D eigenvalue weighted by atomic mass is 10.3. The Morgan fingerprint density at radius 1 is 1.05 bits per heavy atom. The molecule has 0 radical (unpaired) electrons. The van der Waals surface area contributed by atoms with Gasteiger partial charge in [0.2, 0.25) is 5.91 Å². The van der Waals surface area contributed by atoms with Crippen LogP contribution in [0.1, 0.15) is 32.6 Å². The van der Waals surface area contributed by atoms with Gasteiger partial charge in [0, 0.05) is 33.0 Å². The van der Waals surface area contributed by atoms with Gasteiger partial charge in [-0.2, -0.15) is 0 Å². The monoisotopic (exact) mass is 275 g/mol. The molecule has 1 atom stereocenters. The Morgan fingerprint density at radius 2 is 1.58 bits per heavy atom. The Hall–Kier alpha value is -0.690. The summed E-state index contributed by atoms with van der Waals surface area (Å²) in [5.74, 6) is -0.116. The molecule has 0 aliphatic carbocycles. The van der Waals surface area contributed by atoms with E-state index in [1.54, 1.807) is 6.92 Å². The largest absolute Gasteiger partial charge is 0.381 e. The van der Waals surface area contributed by atoms with Crippen molar-refractivity contribution < 1.29 is 14.3 Å². The van der Waals surface area contributed by atoms with Crippen LogP contribution in [0.3, 0.4) is 0 Å². The van der Waals surface area contributed by atoms with Gasteiger partial charge in [0.15, 0.2) is 0 Å². The molecule has 5 N–H and O–H groups in total. The molecule has 0 bridgehead atoms. The summed E-state index contributed by atoms with van der Waals surface area (Å²) in [4.78, 5) is 11.1. The normalized spacial score (nSPS) is 12.4. The molecule has 114 valence electrons. The number of amides is 1. The molecule has 1 amide bonds. The molecule has 0 aliphatic heterocycles. The molecule has 0 spiro atoms. The maximum Gasteiger partial charge on any atom is 0.236 e. The summed E-state index contributed by atoms with van der Waals surface area (Å²) in [5.41, 5.74) is 10.8. The van der Waals surface area contributed by atoms with Crippen molar-refractivity contribution in [2.45, 2.75) is 38.6 Å². The minimum Gasteiger partial charge on any atom is -0.381 e. The predicted octanol–water partition coefficient (Wildman–Crippen LogP) is 0.00210. The lowest BCUT2D eigenvalue weighted by molar-refractivity contribution is -0.122. The second-order valence-electron chi connectivity index (χ2n) is 4.51. The molecule has 0 fully saturated rings. The van der Waals surface area contributed by atoms with Gasteiger partial charge in [-0.1, -0.05) is 0 Å². The lowest BCUT2D eigenvalue weighted by Crippen LogP contribution is -2.38. The van der Waals surface area contributed by atoms with Crippen molar-refractivity contribution in [2.75, 3.05) is 39.5 Å². The minimum atomic E-state index is -0.444. The van der Waals surface area contributed by atoms with Crippen LogP contribution in [0.25, 0.3) is 0 Å². The fourth-order valence-electron chi connectivity index (χ4n) is 1.34. The molecular weight excluding hydrogens is 246 g/mol. The number of nitrogens with one attached hydrogen (secondary N) is 1. The molecule has 6 heteroatoms. The molecule has 0 aromatic heterocycles. The van der Waals surface area contributed by atoms with E-state index < -0.39 is 6.04 Å². The van der Waals surface area contributed by atoms with E-state index >= 15 is 0 Å². The van der Waals surface area contributed by atoms with Crippen LogP contribution in [-0.2, 0) is 14.3 Å². The average Bonchev–Trinajstić information content (AvgIpc) is 2.39. The molecule has 1 unspecified atom stereocenters. The first-order valence-corrected chi connectivity index (χ1v) is 7.07. The topological polar surface area (TPSA) is 99.6 Å². The SMILES string of the molecule is CC(N)C(=O)NCCCOCCCCOCCCN. The van der Waals surface area contributed by atoms with Crippen molar-refractivity contribution in [2.24, 2.45) is 11.5 Å². The molecule has 6 nitrogen and oxygen atoms in total. The van der Waals surface area contributed by atoms with Crippen molar-refractivity contribution in [1.29, 1.82) is 0 Å². The van der Waals surface area contributed by atoms with Crippen LogP contribution in [-0.4, -0.2) is 51.5 Å². The molecule has 0 aromatic rings. The van der Waals surface area contributed by atoms with Gasteiger partial charge in [0.05, 0.1) is 6.04 Å². The van der Waals surface area contributed by atoms with Crippen LogP contribution in [0.5, 0.6) is 0 Å². The van der Waals surface area contributed by atoms with E-state index in [1.165, 1.54) is 0 Å². The fraction of sp³-hybridized carbons (Fsp3) is 0.923. The van der Waals surface area contributed by atoms with Crippen LogP contribution in [0.15, 0.2) is 0 Å². The number of nitrogens with two attached hydrogens (primary N) is 2. The quantitative estimate of drug-likeness (QED) is 0.411. The first-order valence-electron chi connectivity index (χ1n) is 7.07. The van der Waals surface area contributed by atoms with Crippen molar-refractivity contribution >= 4 is 5.91 Å². The maximum absolute atomic E-state index is 11.1. The number of rotatable bonds is 13. The summed E-state index contributed by atoms with van der Waals surface area (Å²) in [6.07, 6.45) is 3.73. The summed E-state index contributed by atoms with van der Waals surface area (Å²) in [6.45, 7) is 5.88. The van der Waals surface area contributed by atoms with Crippen LogP contribution in [0.4, 0.5) is 0 Å². The number of carbonyl (C=O) groups excluding carboxylic acids is 1. The van der Waals surface area contributed by atoms with Gasteiger partial charge in [-0.15, -0.1) is 0 Å². The molecule has 19 heavy (non-hydrogen) atoms. The zero-order valence-electron chi connectivity index (χ0n) is 12.0. The molecule has 0 heterocycles. The van der Waals surface area contributed by atoms with E-state index in [0.29, 0.717) is 19.7 Å². The summed E-state index contributed by atoms with van der Waals surface area (Å²) < 4.78 is 10.8. The Bertz CT molecular complexity index is 213. The Morgan fingerprint density at radius 3 is 2.11 bits per heavy atom. The van der Waals surface area contributed by atoms with Crippen LogP contribution < -0.4 is 16.8 Å². The highest BCUT2D eigenvalue weighted by Gasteiger charge is 2.04. The smallest absolute Gasteiger partial charge is 0.236 e. The minimum absolute atomic E-state index is 0.116. The van der Waals surface area contributed by atoms with E-state index in [4.69, 9.17) is 20.9 Å². The van der Waals surface area contributed by atoms with Crippen LogP contribution in [0, 0.1) is 0 Å². The van der Waals surface area contributed by atoms with Crippen LogP contribution >= 0.6 is 0 Å². The molecule has 0 rings (SSSR count). The van der Waals surface area contributed by atoms with Gasteiger partial charge in [0.25, 0.3) is 0 Å². The molecular formula is C13H29N3O3. The summed E-state index contributed by atoms with van der Waals surface area (Å²) in [7, 11) is 0. The van der Waals surface area contributed by atoms with Gasteiger partial charge in [-0.3, -0.25) is 4.79 Å². The Balaban J connectivity index is 3.05. The molecule has 0 saturated heterocycles. The van der Waals surface area contributed by atoms with Gasteiger partial charge >= 0.3 is 0 Å². The molecule has 0 saturated carbocycles. The number of ether oxygens (including phenoxy) is 2. The van der Waals surface area contributed by atoms with Crippen molar-refractivity contribution in [1.82, 2.24) is 5.32 Å². The highest BCUT2D eigenvalue weighted by Crippen LogP contribution is 1.93.